The average Bonchev–Trinajstić information content (AvgIpc) is 3.25. The highest BCUT2D eigenvalue weighted by molar-refractivity contribution is 5.90. The van der Waals surface area contributed by atoms with Gasteiger partial charge in [0.05, 0.1) is 44.7 Å². The van der Waals surface area contributed by atoms with E-state index in [9.17, 15) is 45.3 Å². The van der Waals surface area contributed by atoms with Crippen LogP contribution in [-0.2, 0) is 33.3 Å². The van der Waals surface area contributed by atoms with Crippen LogP contribution in [-0.4, -0.2) is 124 Å². The van der Waals surface area contributed by atoms with Gasteiger partial charge in [-0.1, -0.05) is 13.0 Å². The molecule has 2 fully saturated rings. The lowest BCUT2D eigenvalue weighted by atomic mass is 9.82. The maximum atomic E-state index is 13.1. The summed E-state index contributed by atoms with van der Waals surface area (Å²) in [5, 5.41) is 69.7. The Kier molecular flexibility index (Phi) is 12.1. The third-order valence-electron chi connectivity index (χ3n) is 8.46. The van der Waals surface area contributed by atoms with Crippen molar-refractivity contribution in [1.29, 1.82) is 0 Å². The molecule has 3 rings (SSSR count). The molecule has 2 aliphatic heterocycles. The van der Waals surface area contributed by atoms with Gasteiger partial charge in [-0.2, -0.15) is 0 Å². The van der Waals surface area contributed by atoms with E-state index in [-0.39, 0.29) is 55.1 Å². The van der Waals surface area contributed by atoms with Gasteiger partial charge in [0.25, 0.3) is 0 Å². The van der Waals surface area contributed by atoms with Gasteiger partial charge in [0.15, 0.2) is 6.29 Å². The van der Waals surface area contributed by atoms with Gasteiger partial charge in [-0.15, -0.1) is 0 Å². The molecule has 1 saturated carbocycles. The van der Waals surface area contributed by atoms with E-state index in [4.69, 9.17) is 23.7 Å². The zero-order valence-corrected chi connectivity index (χ0v) is 23.3. The second-order valence-corrected chi connectivity index (χ2v) is 10.7. The predicted molar refractivity (Wildman–Crippen MR) is 137 cm³/mol. The van der Waals surface area contributed by atoms with E-state index in [0.29, 0.717) is 6.42 Å². The number of ether oxygens (including phenoxy) is 5. The summed E-state index contributed by atoms with van der Waals surface area (Å²) in [5.41, 5.74) is 0.277. The number of methoxy groups -OCH3 is 1. The number of rotatable bonds is 11. The molecule has 7 N–H and O–H groups in total. The first kappa shape index (κ1) is 33.4. The first-order valence-electron chi connectivity index (χ1n) is 13.6. The maximum Gasteiger partial charge on any atom is 0.337 e. The number of hydrogen-bond donors (Lipinski definition) is 7. The fourth-order valence-electron chi connectivity index (χ4n) is 5.83. The second kappa shape index (κ2) is 14.8. The Bertz CT molecular complexity index is 946. The van der Waals surface area contributed by atoms with Crippen LogP contribution in [0.4, 0.5) is 0 Å². The summed E-state index contributed by atoms with van der Waals surface area (Å²) in [6, 6.07) is 0. The van der Waals surface area contributed by atoms with Crippen molar-refractivity contribution >= 4 is 11.9 Å². The van der Waals surface area contributed by atoms with Gasteiger partial charge < -0.3 is 59.4 Å². The molecule has 0 amide bonds. The van der Waals surface area contributed by atoms with E-state index >= 15 is 0 Å². The van der Waals surface area contributed by atoms with Crippen molar-refractivity contribution in [2.24, 2.45) is 29.6 Å². The van der Waals surface area contributed by atoms with Crippen molar-refractivity contribution in [3.05, 3.63) is 23.5 Å². The Hall–Kier alpha value is -2.14. The van der Waals surface area contributed by atoms with Crippen LogP contribution >= 0.6 is 0 Å². The number of hydrogen-bond acceptors (Lipinski definition) is 14. The highest BCUT2D eigenvalue weighted by Gasteiger charge is 2.47. The molecule has 0 spiro atoms. The molecule has 0 aromatic carbocycles. The zero-order chi connectivity index (χ0) is 30.4. The first-order valence-corrected chi connectivity index (χ1v) is 13.6. The van der Waals surface area contributed by atoms with Gasteiger partial charge in [-0.25, -0.2) is 4.79 Å². The number of allylic oxidation sites excluding steroid dienone is 1. The van der Waals surface area contributed by atoms with E-state index in [1.165, 1.54) is 0 Å². The maximum absolute atomic E-state index is 13.1. The van der Waals surface area contributed by atoms with Crippen molar-refractivity contribution in [2.75, 3.05) is 33.5 Å². The average molecular weight is 591 g/mol. The molecule has 0 aromatic rings. The zero-order valence-electron chi connectivity index (χ0n) is 23.3. The minimum absolute atomic E-state index is 0.00522. The number of carbonyl (C=O) groups excluding carboxylic acids is 2. The van der Waals surface area contributed by atoms with Crippen LogP contribution in [0.2, 0.25) is 0 Å². The van der Waals surface area contributed by atoms with Crippen LogP contribution in [0, 0.1) is 29.6 Å². The van der Waals surface area contributed by atoms with Crippen LogP contribution in [0.3, 0.4) is 0 Å². The number of aliphatic hydroxyl groups excluding tert-OH is 7. The predicted octanol–water partition coefficient (Wildman–Crippen LogP) is -2.05. The van der Waals surface area contributed by atoms with E-state index in [1.54, 1.807) is 13.0 Å². The Morgan fingerprint density at radius 2 is 1.78 bits per heavy atom. The van der Waals surface area contributed by atoms with Crippen molar-refractivity contribution in [1.82, 2.24) is 0 Å². The Morgan fingerprint density at radius 1 is 1.10 bits per heavy atom. The summed E-state index contributed by atoms with van der Waals surface area (Å²) in [6.07, 6.45) is -7.10. The lowest BCUT2D eigenvalue weighted by molar-refractivity contribution is -0.327. The van der Waals surface area contributed by atoms with E-state index in [0.717, 1.165) is 13.4 Å². The van der Waals surface area contributed by atoms with Crippen LogP contribution in [0.15, 0.2) is 23.5 Å². The highest BCUT2D eigenvalue weighted by atomic mass is 16.8. The minimum Gasteiger partial charge on any atom is -0.468 e. The SMILES string of the molecule is CC=C1[C@H](O[C@@H]2O[C@H](CO)[C@@H](O)[C@H](O)[C@H]2O)OC=C(C(=O)OC)[C@H]1CC(=O)OC[C@@H]1[C@@H](C)[C@H](O)C[C@H]1C(CO)CO. The third-order valence-corrected chi connectivity index (χ3v) is 8.46. The fourth-order valence-corrected chi connectivity index (χ4v) is 5.83. The molecule has 0 bridgehead atoms. The van der Waals surface area contributed by atoms with Crippen molar-refractivity contribution in [3.8, 4) is 0 Å². The van der Waals surface area contributed by atoms with Gasteiger partial charge in [0, 0.05) is 36.5 Å². The Morgan fingerprint density at radius 3 is 2.37 bits per heavy atom. The molecule has 0 unspecified atom stereocenters. The lowest BCUT2D eigenvalue weighted by Crippen LogP contribution is -2.60. The van der Waals surface area contributed by atoms with E-state index in [2.05, 4.69) is 0 Å². The lowest BCUT2D eigenvalue weighted by Gasteiger charge is -2.41. The Labute approximate surface area is 237 Å². The second-order valence-electron chi connectivity index (χ2n) is 10.7. The summed E-state index contributed by atoms with van der Waals surface area (Å²) in [4.78, 5) is 25.6. The molecule has 3 aliphatic rings. The first-order chi connectivity index (χ1) is 19.5. The normalized spacial score (nSPS) is 38.5. The van der Waals surface area contributed by atoms with E-state index < -0.39 is 73.5 Å². The molecular weight excluding hydrogens is 548 g/mol. The highest BCUT2D eigenvalue weighted by Crippen LogP contribution is 2.42. The fraction of sp³-hybridized carbons (Fsp3) is 0.778. The van der Waals surface area contributed by atoms with Gasteiger partial charge in [0.1, 0.15) is 24.4 Å². The molecule has 41 heavy (non-hydrogen) atoms. The molecular formula is C27H42O14. The summed E-state index contributed by atoms with van der Waals surface area (Å²) in [5.74, 6) is -3.69. The van der Waals surface area contributed by atoms with Gasteiger partial charge in [-0.05, 0) is 25.2 Å². The van der Waals surface area contributed by atoms with Gasteiger partial charge in [0.2, 0.25) is 6.29 Å². The van der Waals surface area contributed by atoms with Gasteiger partial charge in [-0.3, -0.25) is 4.79 Å². The molecule has 0 radical (unpaired) electrons. The summed E-state index contributed by atoms with van der Waals surface area (Å²) in [6.45, 7) is 2.13. The topological polar surface area (TPSA) is 222 Å². The molecule has 234 valence electrons. The van der Waals surface area contributed by atoms with Crippen molar-refractivity contribution in [2.45, 2.75) is 69.8 Å². The van der Waals surface area contributed by atoms with E-state index in [1.807, 2.05) is 6.92 Å². The van der Waals surface area contributed by atoms with Crippen LogP contribution in [0.5, 0.6) is 0 Å². The summed E-state index contributed by atoms with van der Waals surface area (Å²) < 4.78 is 27.1. The molecule has 11 atom stereocenters. The molecule has 1 saturated heterocycles. The smallest absolute Gasteiger partial charge is 0.337 e. The number of aliphatic hydroxyl groups is 7. The number of carbonyl (C=O) groups is 2. The Balaban J connectivity index is 1.75. The summed E-state index contributed by atoms with van der Waals surface area (Å²) in [7, 11) is 1.16. The number of esters is 2. The van der Waals surface area contributed by atoms with Crippen molar-refractivity contribution in [3.63, 3.8) is 0 Å². The molecule has 2 heterocycles. The van der Waals surface area contributed by atoms with Gasteiger partial charge >= 0.3 is 11.9 Å². The largest absolute Gasteiger partial charge is 0.468 e. The molecule has 14 nitrogen and oxygen atoms in total. The third kappa shape index (κ3) is 7.27. The standard InChI is InChI=1S/C27H42O14/c1-4-14-16(6-21(32)38-10-17-12(2)19(31)5-15(17)13(7-28)8-29)18(25(36)37-3)11-39-26(14)41-27-24(35)23(34)22(33)20(9-30)40-27/h4,11-13,15-17,19-20,22-24,26-31,33-35H,5-10H2,1-3H3/t12-,15+,16+,17-,19-,20-,22-,23+,24-,26+,27+/m1/s1. The van der Waals surface area contributed by atoms with Crippen LogP contribution in [0.25, 0.3) is 0 Å². The molecule has 0 aromatic heterocycles. The molecule has 1 aliphatic carbocycles. The van der Waals surface area contributed by atoms with Crippen LogP contribution in [0.1, 0.15) is 26.7 Å². The molecule has 14 heteroatoms. The van der Waals surface area contributed by atoms with Crippen LogP contribution < -0.4 is 0 Å². The quantitative estimate of drug-likeness (QED) is 0.102. The summed E-state index contributed by atoms with van der Waals surface area (Å²) >= 11 is 0. The van der Waals surface area contributed by atoms with Crippen molar-refractivity contribution < 1.29 is 69.0 Å². The minimum atomic E-state index is -1.71. The monoisotopic (exact) mass is 590 g/mol.